The van der Waals surface area contributed by atoms with E-state index in [9.17, 15) is 18.8 Å². The molecule has 0 spiro atoms. The highest BCUT2D eigenvalue weighted by atomic mass is 79.9. The average molecular weight is 613 g/mol. The maximum atomic E-state index is 14.4. The Bertz CT molecular complexity index is 1430. The second kappa shape index (κ2) is 11.3. The first kappa shape index (κ1) is 27.6. The zero-order valence-corrected chi connectivity index (χ0v) is 23.9. The first-order valence-electron chi connectivity index (χ1n) is 12.9. The van der Waals surface area contributed by atoms with Crippen molar-refractivity contribution in [2.45, 2.75) is 39.0 Å². The minimum atomic E-state index is -0.879. The number of ether oxygens (including phenoxy) is 1. The van der Waals surface area contributed by atoms with Gasteiger partial charge in [0, 0.05) is 16.6 Å². The van der Waals surface area contributed by atoms with E-state index in [1.54, 1.807) is 27.0 Å². The molecule has 1 unspecified atom stereocenters. The van der Waals surface area contributed by atoms with Gasteiger partial charge in [0.25, 0.3) is 0 Å². The molecule has 0 saturated carbocycles. The van der Waals surface area contributed by atoms with Crippen LogP contribution < -0.4 is 5.32 Å². The molecule has 1 saturated heterocycles. The number of hydrogen-bond donors (Lipinski definition) is 2. The van der Waals surface area contributed by atoms with Crippen LogP contribution in [0.5, 0.6) is 0 Å². The molecule has 5 rings (SSSR count). The Morgan fingerprint density at radius 2 is 1.88 bits per heavy atom. The molecule has 12 heteroatoms. The van der Waals surface area contributed by atoms with Gasteiger partial charge in [-0.3, -0.25) is 4.79 Å². The standard InChI is InChI=1S/C28H30BrFN6O4/c1-16(2)24(33-27(38)40-3)26(37)36-15-35(28(39)34-12-18-5-4-6-21(30)20(18)13-34)14-23(36)25-31-11-22(32-25)17-7-9-19(29)10-8-17/h4-11,16,23-24H,12-15H2,1-3H3,(H,31,32)(H,33,38)/t23?,24-/m0/s1. The molecule has 1 fully saturated rings. The number of H-pyrrole nitrogens is 1. The van der Waals surface area contributed by atoms with Gasteiger partial charge >= 0.3 is 12.1 Å². The molecule has 2 aromatic carbocycles. The quantitative estimate of drug-likeness (QED) is 0.436. The molecule has 3 heterocycles. The van der Waals surface area contributed by atoms with Gasteiger partial charge in [0.15, 0.2) is 0 Å². The first-order valence-corrected chi connectivity index (χ1v) is 13.7. The lowest BCUT2D eigenvalue weighted by molar-refractivity contribution is -0.135. The zero-order chi connectivity index (χ0) is 28.6. The Morgan fingerprint density at radius 3 is 2.55 bits per heavy atom. The van der Waals surface area contributed by atoms with Gasteiger partial charge in [-0.2, -0.15) is 0 Å². The maximum absolute atomic E-state index is 14.4. The summed E-state index contributed by atoms with van der Waals surface area (Å²) in [5, 5.41) is 2.63. The van der Waals surface area contributed by atoms with E-state index < -0.39 is 18.2 Å². The number of rotatable bonds is 5. The van der Waals surface area contributed by atoms with Gasteiger partial charge in [-0.1, -0.05) is 54.0 Å². The molecule has 4 amide bonds. The highest BCUT2D eigenvalue weighted by molar-refractivity contribution is 9.10. The number of aromatic amines is 1. The van der Waals surface area contributed by atoms with Crippen molar-refractivity contribution >= 4 is 34.0 Å². The third-order valence-corrected chi connectivity index (χ3v) is 7.83. The lowest BCUT2D eigenvalue weighted by Gasteiger charge is -2.29. The lowest BCUT2D eigenvalue weighted by atomic mass is 10.0. The van der Waals surface area contributed by atoms with E-state index >= 15 is 0 Å². The minimum absolute atomic E-state index is 0.0158. The van der Waals surface area contributed by atoms with Crippen molar-refractivity contribution < 1.29 is 23.5 Å². The van der Waals surface area contributed by atoms with Gasteiger partial charge in [-0.15, -0.1) is 0 Å². The van der Waals surface area contributed by atoms with Crippen molar-refractivity contribution in [3.8, 4) is 11.3 Å². The fraction of sp³-hybridized carbons (Fsp3) is 0.357. The van der Waals surface area contributed by atoms with E-state index in [4.69, 9.17) is 4.74 Å². The van der Waals surface area contributed by atoms with E-state index in [0.29, 0.717) is 11.4 Å². The number of aromatic nitrogens is 2. The summed E-state index contributed by atoms with van der Waals surface area (Å²) in [6.07, 6.45) is 0.973. The third-order valence-electron chi connectivity index (χ3n) is 7.30. The number of hydrogen-bond acceptors (Lipinski definition) is 5. The molecule has 0 aliphatic carbocycles. The monoisotopic (exact) mass is 612 g/mol. The predicted molar refractivity (Wildman–Crippen MR) is 148 cm³/mol. The van der Waals surface area contributed by atoms with Crippen molar-refractivity contribution in [3.05, 3.63) is 75.9 Å². The number of benzene rings is 2. The number of nitrogens with one attached hydrogen (secondary N) is 2. The lowest BCUT2D eigenvalue weighted by Crippen LogP contribution is -2.52. The second-order valence-corrected chi connectivity index (χ2v) is 11.2. The number of nitrogens with zero attached hydrogens (tertiary/aromatic N) is 4. The highest BCUT2D eigenvalue weighted by Gasteiger charge is 2.43. The highest BCUT2D eigenvalue weighted by Crippen LogP contribution is 2.32. The number of imidazole rings is 1. The van der Waals surface area contributed by atoms with Crippen molar-refractivity contribution in [1.82, 2.24) is 30.0 Å². The van der Waals surface area contributed by atoms with Crippen molar-refractivity contribution in [2.24, 2.45) is 5.92 Å². The second-order valence-electron chi connectivity index (χ2n) is 10.3. The fourth-order valence-corrected chi connectivity index (χ4v) is 5.38. The van der Waals surface area contributed by atoms with Gasteiger partial charge in [-0.05, 0) is 35.2 Å². The number of amides is 4. The topological polar surface area (TPSA) is 111 Å². The van der Waals surface area contributed by atoms with Gasteiger partial charge < -0.3 is 29.7 Å². The summed E-state index contributed by atoms with van der Waals surface area (Å²) in [4.78, 5) is 52.1. The molecule has 2 aliphatic rings. The molecule has 2 aliphatic heterocycles. The van der Waals surface area contributed by atoms with Crippen LogP contribution in [0.15, 0.2) is 53.1 Å². The number of alkyl carbamates (subject to hydrolysis) is 1. The largest absolute Gasteiger partial charge is 0.453 e. The number of urea groups is 1. The minimum Gasteiger partial charge on any atom is -0.453 e. The molecule has 2 N–H and O–H groups in total. The van der Waals surface area contributed by atoms with E-state index in [2.05, 4.69) is 31.2 Å². The van der Waals surface area contributed by atoms with Crippen LogP contribution in [0, 0.1) is 11.7 Å². The number of carbonyl (C=O) groups is 3. The summed E-state index contributed by atoms with van der Waals surface area (Å²) >= 11 is 3.44. The Labute approximate surface area is 239 Å². The molecular weight excluding hydrogens is 583 g/mol. The summed E-state index contributed by atoms with van der Waals surface area (Å²) in [5.41, 5.74) is 2.95. The SMILES string of the molecule is COC(=O)N[C@H](C(=O)N1CN(C(=O)N2Cc3cccc(F)c3C2)CC1c1ncc(-c2ccc(Br)cc2)[nH]1)C(C)C. The van der Waals surface area contributed by atoms with Crippen LogP contribution >= 0.6 is 15.9 Å². The van der Waals surface area contributed by atoms with E-state index in [1.165, 1.54) is 13.2 Å². The van der Waals surface area contributed by atoms with Gasteiger partial charge in [0.05, 0.1) is 38.8 Å². The van der Waals surface area contributed by atoms with Crippen LogP contribution in [0.3, 0.4) is 0 Å². The summed E-state index contributed by atoms with van der Waals surface area (Å²) in [7, 11) is 1.24. The Kier molecular flexibility index (Phi) is 7.79. The Hall–Kier alpha value is -3.93. The number of halogens is 2. The summed E-state index contributed by atoms with van der Waals surface area (Å²) in [5.74, 6) is -0.437. The average Bonchev–Trinajstić information content (AvgIpc) is 3.69. The summed E-state index contributed by atoms with van der Waals surface area (Å²) in [6, 6.07) is 10.8. The predicted octanol–water partition coefficient (Wildman–Crippen LogP) is 4.64. The number of carbonyl (C=O) groups excluding carboxylic acids is 3. The van der Waals surface area contributed by atoms with Gasteiger partial charge in [-0.25, -0.2) is 19.0 Å². The fourth-order valence-electron chi connectivity index (χ4n) is 5.12. The molecule has 0 bridgehead atoms. The molecule has 3 aromatic rings. The Balaban J connectivity index is 1.43. The summed E-state index contributed by atoms with van der Waals surface area (Å²) in [6.45, 7) is 4.24. The van der Waals surface area contributed by atoms with Gasteiger partial charge in [0.2, 0.25) is 5.91 Å². The van der Waals surface area contributed by atoms with E-state index in [-0.39, 0.29) is 50.0 Å². The molecule has 40 heavy (non-hydrogen) atoms. The van der Waals surface area contributed by atoms with Crippen LogP contribution in [-0.2, 0) is 22.6 Å². The van der Waals surface area contributed by atoms with Crippen LogP contribution in [0.4, 0.5) is 14.0 Å². The zero-order valence-electron chi connectivity index (χ0n) is 22.4. The maximum Gasteiger partial charge on any atom is 0.407 e. The molecule has 2 atom stereocenters. The normalized spacial score (nSPS) is 17.2. The van der Waals surface area contributed by atoms with E-state index in [0.717, 1.165) is 21.3 Å². The van der Waals surface area contributed by atoms with E-state index in [1.807, 2.05) is 44.2 Å². The van der Waals surface area contributed by atoms with Crippen molar-refractivity contribution in [3.63, 3.8) is 0 Å². The molecule has 1 aromatic heterocycles. The Morgan fingerprint density at radius 1 is 1.12 bits per heavy atom. The van der Waals surface area contributed by atoms with Crippen molar-refractivity contribution in [1.29, 1.82) is 0 Å². The smallest absolute Gasteiger partial charge is 0.407 e. The molecule has 210 valence electrons. The molecule has 10 nitrogen and oxygen atoms in total. The van der Waals surface area contributed by atoms with Crippen LogP contribution in [-0.4, -0.2) is 69.1 Å². The van der Waals surface area contributed by atoms with Gasteiger partial charge in [0.1, 0.15) is 23.7 Å². The third kappa shape index (κ3) is 5.40. The summed E-state index contributed by atoms with van der Waals surface area (Å²) < 4.78 is 20.0. The van der Waals surface area contributed by atoms with Crippen LogP contribution in [0.25, 0.3) is 11.3 Å². The molecule has 0 radical (unpaired) electrons. The van der Waals surface area contributed by atoms with Crippen molar-refractivity contribution in [2.75, 3.05) is 20.3 Å². The van der Waals surface area contributed by atoms with Crippen LogP contribution in [0.1, 0.15) is 36.8 Å². The first-order chi connectivity index (χ1) is 19.2. The number of fused-ring (bicyclic) bond motifs is 1. The molecular formula is C28H30BrFN6O4. The number of methoxy groups -OCH3 is 1. The van der Waals surface area contributed by atoms with Crippen LogP contribution in [0.2, 0.25) is 0 Å².